The highest BCUT2D eigenvalue weighted by atomic mass is 32.2. The van der Waals surface area contributed by atoms with E-state index in [2.05, 4.69) is 0 Å². The molecular formula is C11H15F2NO3S. The summed E-state index contributed by atoms with van der Waals surface area (Å²) in [4.78, 5) is -0.707. The summed E-state index contributed by atoms with van der Waals surface area (Å²) in [5.74, 6) is -1.78. The fraction of sp³-hybridized carbons (Fsp3) is 0.455. The highest BCUT2D eigenvalue weighted by molar-refractivity contribution is 7.89. The number of rotatable bonds is 5. The molecule has 0 aliphatic rings. The molecule has 18 heavy (non-hydrogen) atoms. The lowest BCUT2D eigenvalue weighted by atomic mass is 10.2. The summed E-state index contributed by atoms with van der Waals surface area (Å²) in [6.07, 6.45) is 0. The van der Waals surface area contributed by atoms with Gasteiger partial charge in [0.15, 0.2) is 0 Å². The Morgan fingerprint density at radius 1 is 1.28 bits per heavy atom. The fourth-order valence-corrected chi connectivity index (χ4v) is 3.02. The van der Waals surface area contributed by atoms with E-state index in [-0.39, 0.29) is 25.3 Å². The molecule has 1 aromatic rings. The van der Waals surface area contributed by atoms with Crippen molar-refractivity contribution in [3.63, 3.8) is 0 Å². The lowest BCUT2D eigenvalue weighted by Gasteiger charge is -2.19. The van der Waals surface area contributed by atoms with E-state index in [0.29, 0.717) is 6.07 Å². The largest absolute Gasteiger partial charge is 0.395 e. The van der Waals surface area contributed by atoms with Crippen LogP contribution in [0.2, 0.25) is 0 Å². The van der Waals surface area contributed by atoms with Crippen LogP contribution in [-0.2, 0) is 10.0 Å². The van der Waals surface area contributed by atoms with Crippen molar-refractivity contribution in [3.05, 3.63) is 29.3 Å². The first kappa shape index (κ1) is 15.0. The van der Waals surface area contributed by atoms with Gasteiger partial charge in [-0.2, -0.15) is 4.31 Å². The number of nitrogens with zero attached hydrogens (tertiary/aromatic N) is 1. The Kier molecular flexibility index (Phi) is 4.78. The summed E-state index contributed by atoms with van der Waals surface area (Å²) in [6, 6.07) is 1.51. The maximum atomic E-state index is 13.6. The van der Waals surface area contributed by atoms with Crippen LogP contribution in [0.15, 0.2) is 17.0 Å². The van der Waals surface area contributed by atoms with E-state index in [1.165, 1.54) is 6.92 Å². The maximum absolute atomic E-state index is 13.6. The van der Waals surface area contributed by atoms with Gasteiger partial charge in [-0.15, -0.1) is 0 Å². The standard InChI is InChI=1S/C11H15F2NO3S/c1-3-14(4-5-15)18(16,17)11-7-9(12)8(2)6-10(11)13/h6-7,15H,3-5H2,1-2H3. The van der Waals surface area contributed by atoms with Crippen molar-refractivity contribution in [2.24, 2.45) is 0 Å². The molecular weight excluding hydrogens is 264 g/mol. The van der Waals surface area contributed by atoms with Gasteiger partial charge in [0.25, 0.3) is 0 Å². The van der Waals surface area contributed by atoms with E-state index in [4.69, 9.17) is 5.11 Å². The molecule has 0 saturated carbocycles. The van der Waals surface area contributed by atoms with E-state index in [1.807, 2.05) is 0 Å². The van der Waals surface area contributed by atoms with Gasteiger partial charge in [0, 0.05) is 13.1 Å². The monoisotopic (exact) mass is 279 g/mol. The number of sulfonamides is 1. The van der Waals surface area contributed by atoms with Gasteiger partial charge in [0.05, 0.1) is 6.61 Å². The summed E-state index contributed by atoms with van der Waals surface area (Å²) < 4.78 is 52.0. The normalized spacial score (nSPS) is 12.1. The Hall–Kier alpha value is -1.05. The molecule has 0 bridgehead atoms. The Labute approximate surface area is 105 Å². The first-order valence-electron chi connectivity index (χ1n) is 5.41. The molecule has 1 aromatic carbocycles. The van der Waals surface area contributed by atoms with Crippen molar-refractivity contribution in [3.8, 4) is 0 Å². The van der Waals surface area contributed by atoms with Gasteiger partial charge in [-0.1, -0.05) is 6.92 Å². The molecule has 7 heteroatoms. The molecule has 0 aromatic heterocycles. The Balaban J connectivity index is 3.32. The summed E-state index contributed by atoms with van der Waals surface area (Å²) in [6.45, 7) is 2.42. The predicted molar refractivity (Wildman–Crippen MR) is 62.6 cm³/mol. The van der Waals surface area contributed by atoms with E-state index >= 15 is 0 Å². The molecule has 0 atom stereocenters. The lowest BCUT2D eigenvalue weighted by Crippen LogP contribution is -2.34. The third-order valence-electron chi connectivity index (χ3n) is 2.53. The van der Waals surface area contributed by atoms with Crippen LogP contribution in [0.1, 0.15) is 12.5 Å². The van der Waals surface area contributed by atoms with E-state index in [9.17, 15) is 17.2 Å². The summed E-state index contributed by atoms with van der Waals surface area (Å²) in [5, 5.41) is 8.77. The topological polar surface area (TPSA) is 57.6 Å². The molecule has 0 unspecified atom stereocenters. The second kappa shape index (κ2) is 5.73. The predicted octanol–water partition coefficient (Wildman–Crippen LogP) is 1.28. The second-order valence-corrected chi connectivity index (χ2v) is 5.66. The third-order valence-corrected chi connectivity index (χ3v) is 4.52. The number of likely N-dealkylation sites (N-methyl/N-ethyl adjacent to an activating group) is 1. The number of hydrogen-bond acceptors (Lipinski definition) is 3. The highest BCUT2D eigenvalue weighted by Gasteiger charge is 2.27. The van der Waals surface area contributed by atoms with E-state index in [1.54, 1.807) is 6.92 Å². The molecule has 0 radical (unpaired) electrons. The van der Waals surface area contributed by atoms with Crippen LogP contribution in [0.25, 0.3) is 0 Å². The minimum atomic E-state index is -4.12. The fourth-order valence-electron chi connectivity index (χ4n) is 1.52. The van der Waals surface area contributed by atoms with Crippen LogP contribution in [0, 0.1) is 18.6 Å². The van der Waals surface area contributed by atoms with Crippen LogP contribution < -0.4 is 0 Å². The molecule has 1 N–H and O–H groups in total. The molecule has 1 rings (SSSR count). The quantitative estimate of drug-likeness (QED) is 0.883. The molecule has 0 heterocycles. The van der Waals surface area contributed by atoms with Crippen LogP contribution in [0.3, 0.4) is 0 Å². The van der Waals surface area contributed by atoms with Crippen molar-refractivity contribution in [1.82, 2.24) is 4.31 Å². The van der Waals surface area contributed by atoms with Crippen molar-refractivity contribution >= 4 is 10.0 Å². The molecule has 0 fully saturated rings. The zero-order valence-corrected chi connectivity index (χ0v) is 11.0. The zero-order valence-electron chi connectivity index (χ0n) is 10.2. The molecule has 4 nitrogen and oxygen atoms in total. The summed E-state index contributed by atoms with van der Waals surface area (Å²) in [7, 11) is -4.12. The first-order chi connectivity index (χ1) is 8.34. The number of hydrogen-bond donors (Lipinski definition) is 1. The van der Waals surface area contributed by atoms with Gasteiger partial charge in [0.1, 0.15) is 16.5 Å². The number of halogens is 2. The Bertz CT molecular complexity index is 531. The van der Waals surface area contributed by atoms with Gasteiger partial charge >= 0.3 is 0 Å². The van der Waals surface area contributed by atoms with Crippen LogP contribution in [0.4, 0.5) is 8.78 Å². The van der Waals surface area contributed by atoms with E-state index in [0.717, 1.165) is 10.4 Å². The summed E-state index contributed by atoms with van der Waals surface area (Å²) >= 11 is 0. The van der Waals surface area contributed by atoms with Gasteiger partial charge in [-0.05, 0) is 24.6 Å². The van der Waals surface area contributed by atoms with Crippen molar-refractivity contribution in [2.75, 3.05) is 19.7 Å². The number of aliphatic hydroxyl groups is 1. The second-order valence-electron chi connectivity index (χ2n) is 3.75. The minimum absolute atomic E-state index is 0.0386. The summed E-state index contributed by atoms with van der Waals surface area (Å²) in [5.41, 5.74) is 0.0386. The van der Waals surface area contributed by atoms with Gasteiger partial charge in [-0.3, -0.25) is 0 Å². The molecule has 0 aliphatic heterocycles. The third kappa shape index (κ3) is 2.85. The highest BCUT2D eigenvalue weighted by Crippen LogP contribution is 2.22. The minimum Gasteiger partial charge on any atom is -0.395 e. The van der Waals surface area contributed by atoms with Gasteiger partial charge in [0.2, 0.25) is 10.0 Å². The zero-order chi connectivity index (χ0) is 13.9. The smallest absolute Gasteiger partial charge is 0.246 e. The van der Waals surface area contributed by atoms with Crippen molar-refractivity contribution in [2.45, 2.75) is 18.7 Å². The average molecular weight is 279 g/mol. The number of aliphatic hydroxyl groups excluding tert-OH is 1. The Morgan fingerprint density at radius 2 is 1.89 bits per heavy atom. The van der Waals surface area contributed by atoms with Gasteiger partial charge in [-0.25, -0.2) is 17.2 Å². The molecule has 0 amide bonds. The Morgan fingerprint density at radius 3 is 2.39 bits per heavy atom. The van der Waals surface area contributed by atoms with Crippen molar-refractivity contribution in [1.29, 1.82) is 0 Å². The number of aryl methyl sites for hydroxylation is 1. The average Bonchev–Trinajstić information content (AvgIpc) is 2.30. The molecule has 0 aliphatic carbocycles. The van der Waals surface area contributed by atoms with Crippen molar-refractivity contribution < 1.29 is 22.3 Å². The SMILES string of the molecule is CCN(CCO)S(=O)(=O)c1cc(F)c(C)cc1F. The first-order valence-corrected chi connectivity index (χ1v) is 6.85. The maximum Gasteiger partial charge on any atom is 0.246 e. The molecule has 102 valence electrons. The molecule has 0 spiro atoms. The number of benzene rings is 1. The van der Waals surface area contributed by atoms with E-state index < -0.39 is 26.6 Å². The lowest BCUT2D eigenvalue weighted by molar-refractivity contribution is 0.256. The molecule has 0 saturated heterocycles. The van der Waals surface area contributed by atoms with Crippen LogP contribution in [0.5, 0.6) is 0 Å². The van der Waals surface area contributed by atoms with Crippen LogP contribution >= 0.6 is 0 Å². The van der Waals surface area contributed by atoms with Gasteiger partial charge < -0.3 is 5.11 Å². The van der Waals surface area contributed by atoms with Crippen LogP contribution in [-0.4, -0.2) is 37.5 Å².